The highest BCUT2D eigenvalue weighted by Gasteiger charge is 2.07. The topological polar surface area (TPSA) is 38.3 Å². The van der Waals surface area contributed by atoms with Gasteiger partial charge in [0.15, 0.2) is 0 Å². The minimum absolute atomic E-state index is 0.189. The zero-order valence-corrected chi connectivity index (χ0v) is 11.2. The molecule has 0 atom stereocenters. The molecule has 0 aliphatic carbocycles. The second-order valence-electron chi connectivity index (χ2n) is 3.53. The molecule has 0 bridgehead atoms. The Kier molecular flexibility index (Phi) is 6.15. The van der Waals surface area contributed by atoms with Gasteiger partial charge in [0.2, 0.25) is 5.91 Å². The van der Waals surface area contributed by atoms with Crippen molar-refractivity contribution < 1.29 is 13.9 Å². The van der Waals surface area contributed by atoms with Gasteiger partial charge in [0.1, 0.15) is 5.82 Å². The first-order chi connectivity index (χ1) is 8.13. The lowest BCUT2D eigenvalue weighted by atomic mass is 10.3. The SMILES string of the molecule is CCCOCCC(=O)Nc1ccc(Br)cc1F. The van der Waals surface area contributed by atoms with Crippen LogP contribution in [0.4, 0.5) is 10.1 Å². The van der Waals surface area contributed by atoms with Gasteiger partial charge >= 0.3 is 0 Å². The molecule has 0 fully saturated rings. The number of benzene rings is 1. The van der Waals surface area contributed by atoms with Crippen molar-refractivity contribution in [3.05, 3.63) is 28.5 Å². The van der Waals surface area contributed by atoms with Crippen molar-refractivity contribution in [2.45, 2.75) is 19.8 Å². The molecule has 0 heterocycles. The molecule has 94 valence electrons. The minimum atomic E-state index is -0.456. The summed E-state index contributed by atoms with van der Waals surface area (Å²) in [7, 11) is 0. The second kappa shape index (κ2) is 7.40. The zero-order valence-electron chi connectivity index (χ0n) is 9.63. The Morgan fingerprint density at radius 2 is 2.24 bits per heavy atom. The number of hydrogen-bond acceptors (Lipinski definition) is 2. The highest BCUT2D eigenvalue weighted by molar-refractivity contribution is 9.10. The molecule has 3 nitrogen and oxygen atoms in total. The number of carbonyl (C=O) groups is 1. The molecule has 0 spiro atoms. The molecule has 0 saturated heterocycles. The van der Waals surface area contributed by atoms with Crippen LogP contribution in [0.5, 0.6) is 0 Å². The molecule has 1 aromatic carbocycles. The van der Waals surface area contributed by atoms with Gasteiger partial charge in [-0.3, -0.25) is 4.79 Å². The fraction of sp³-hybridized carbons (Fsp3) is 0.417. The van der Waals surface area contributed by atoms with E-state index in [1.54, 1.807) is 6.07 Å². The second-order valence-corrected chi connectivity index (χ2v) is 4.45. The molecule has 17 heavy (non-hydrogen) atoms. The van der Waals surface area contributed by atoms with Crippen LogP contribution >= 0.6 is 15.9 Å². The predicted molar refractivity (Wildman–Crippen MR) is 68.5 cm³/mol. The zero-order chi connectivity index (χ0) is 12.7. The summed E-state index contributed by atoms with van der Waals surface area (Å²) < 4.78 is 19.2. The van der Waals surface area contributed by atoms with E-state index >= 15 is 0 Å². The summed E-state index contributed by atoms with van der Waals surface area (Å²) >= 11 is 3.15. The van der Waals surface area contributed by atoms with Gasteiger partial charge in [-0.1, -0.05) is 22.9 Å². The third-order valence-corrected chi connectivity index (χ3v) is 2.52. The molecule has 0 saturated carbocycles. The molecular weight excluding hydrogens is 289 g/mol. The maximum Gasteiger partial charge on any atom is 0.226 e. The number of amides is 1. The van der Waals surface area contributed by atoms with Crippen molar-refractivity contribution in [2.75, 3.05) is 18.5 Å². The van der Waals surface area contributed by atoms with Crippen LogP contribution < -0.4 is 5.32 Å². The summed E-state index contributed by atoms with van der Waals surface area (Å²) in [6.07, 6.45) is 1.15. The predicted octanol–water partition coefficient (Wildman–Crippen LogP) is 3.34. The van der Waals surface area contributed by atoms with E-state index in [1.807, 2.05) is 6.92 Å². The molecule has 1 rings (SSSR count). The lowest BCUT2D eigenvalue weighted by molar-refractivity contribution is -0.117. The van der Waals surface area contributed by atoms with Crippen molar-refractivity contribution in [1.82, 2.24) is 0 Å². The summed E-state index contributed by atoms with van der Waals surface area (Å²) in [5.41, 5.74) is 0.189. The smallest absolute Gasteiger partial charge is 0.226 e. The molecule has 5 heteroatoms. The van der Waals surface area contributed by atoms with E-state index in [1.165, 1.54) is 12.1 Å². The lowest BCUT2D eigenvalue weighted by Crippen LogP contribution is -2.15. The lowest BCUT2D eigenvalue weighted by Gasteiger charge is -2.07. The highest BCUT2D eigenvalue weighted by Crippen LogP contribution is 2.19. The van der Waals surface area contributed by atoms with Crippen molar-refractivity contribution in [3.63, 3.8) is 0 Å². The standard InChI is InChI=1S/C12H15BrFNO2/c1-2-6-17-7-5-12(16)15-11-4-3-9(13)8-10(11)14/h3-4,8H,2,5-7H2,1H3,(H,15,16). The first kappa shape index (κ1) is 14.1. The average Bonchev–Trinajstić information content (AvgIpc) is 2.28. The molecule has 0 aliphatic rings. The van der Waals surface area contributed by atoms with Crippen LogP contribution in [0.1, 0.15) is 19.8 Å². The Balaban J connectivity index is 2.40. The molecule has 1 N–H and O–H groups in total. The maximum absolute atomic E-state index is 13.4. The first-order valence-electron chi connectivity index (χ1n) is 5.46. The number of hydrogen-bond donors (Lipinski definition) is 1. The molecule has 0 aliphatic heterocycles. The van der Waals surface area contributed by atoms with Crippen molar-refractivity contribution >= 4 is 27.5 Å². The quantitative estimate of drug-likeness (QED) is 0.819. The van der Waals surface area contributed by atoms with Crippen LogP contribution in [-0.4, -0.2) is 19.1 Å². The third kappa shape index (κ3) is 5.28. The van der Waals surface area contributed by atoms with Gasteiger partial charge in [-0.2, -0.15) is 0 Å². The summed E-state index contributed by atoms with van der Waals surface area (Å²) in [4.78, 5) is 11.4. The van der Waals surface area contributed by atoms with Gasteiger partial charge in [-0.05, 0) is 24.6 Å². The Hall–Kier alpha value is -0.940. The molecule has 0 aromatic heterocycles. The fourth-order valence-electron chi connectivity index (χ4n) is 1.21. The summed E-state index contributed by atoms with van der Waals surface area (Å²) in [5.74, 6) is -0.704. The van der Waals surface area contributed by atoms with Gasteiger partial charge < -0.3 is 10.1 Å². The van der Waals surface area contributed by atoms with E-state index in [4.69, 9.17) is 4.74 Å². The van der Waals surface area contributed by atoms with E-state index in [9.17, 15) is 9.18 Å². The molecule has 0 unspecified atom stereocenters. The summed E-state index contributed by atoms with van der Waals surface area (Å²) in [6.45, 7) is 3.00. The molecule has 0 radical (unpaired) electrons. The number of halogens is 2. The van der Waals surface area contributed by atoms with Crippen LogP contribution in [0.2, 0.25) is 0 Å². The normalized spacial score (nSPS) is 10.3. The van der Waals surface area contributed by atoms with Gasteiger partial charge in [0, 0.05) is 11.1 Å². The highest BCUT2D eigenvalue weighted by atomic mass is 79.9. The van der Waals surface area contributed by atoms with Crippen molar-refractivity contribution in [1.29, 1.82) is 0 Å². The Bertz CT molecular complexity index is 385. The van der Waals surface area contributed by atoms with Crippen LogP contribution in [-0.2, 0) is 9.53 Å². The van der Waals surface area contributed by atoms with E-state index in [0.717, 1.165) is 6.42 Å². The van der Waals surface area contributed by atoms with Crippen LogP contribution in [0.15, 0.2) is 22.7 Å². The van der Waals surface area contributed by atoms with Crippen LogP contribution in [0.3, 0.4) is 0 Å². The Morgan fingerprint density at radius 3 is 2.88 bits per heavy atom. The van der Waals surface area contributed by atoms with E-state index in [0.29, 0.717) is 17.7 Å². The van der Waals surface area contributed by atoms with E-state index in [2.05, 4.69) is 21.2 Å². The van der Waals surface area contributed by atoms with Gasteiger partial charge in [-0.15, -0.1) is 0 Å². The van der Waals surface area contributed by atoms with E-state index < -0.39 is 5.82 Å². The van der Waals surface area contributed by atoms with Crippen LogP contribution in [0, 0.1) is 5.82 Å². The third-order valence-electron chi connectivity index (χ3n) is 2.03. The number of rotatable bonds is 6. The van der Waals surface area contributed by atoms with Crippen molar-refractivity contribution in [2.24, 2.45) is 0 Å². The van der Waals surface area contributed by atoms with Gasteiger partial charge in [0.25, 0.3) is 0 Å². The number of nitrogens with one attached hydrogen (secondary N) is 1. The molecular formula is C12H15BrFNO2. The van der Waals surface area contributed by atoms with Gasteiger partial charge in [0.05, 0.1) is 18.7 Å². The minimum Gasteiger partial charge on any atom is -0.381 e. The number of ether oxygens (including phenoxy) is 1. The monoisotopic (exact) mass is 303 g/mol. The van der Waals surface area contributed by atoms with Crippen molar-refractivity contribution in [3.8, 4) is 0 Å². The first-order valence-corrected chi connectivity index (χ1v) is 6.25. The molecule has 1 aromatic rings. The van der Waals surface area contributed by atoms with Gasteiger partial charge in [-0.25, -0.2) is 4.39 Å². The number of anilines is 1. The maximum atomic E-state index is 13.4. The largest absolute Gasteiger partial charge is 0.381 e. The average molecular weight is 304 g/mol. The fourth-order valence-corrected chi connectivity index (χ4v) is 1.55. The Morgan fingerprint density at radius 1 is 1.47 bits per heavy atom. The molecule has 1 amide bonds. The number of carbonyl (C=O) groups excluding carboxylic acids is 1. The summed E-state index contributed by atoms with van der Waals surface area (Å²) in [6, 6.07) is 4.50. The van der Waals surface area contributed by atoms with Crippen LogP contribution in [0.25, 0.3) is 0 Å². The Labute approximate surface area is 108 Å². The van der Waals surface area contributed by atoms with E-state index in [-0.39, 0.29) is 18.0 Å². The summed E-state index contributed by atoms with van der Waals surface area (Å²) in [5, 5.41) is 2.50.